The van der Waals surface area contributed by atoms with Crippen molar-refractivity contribution in [2.75, 3.05) is 26.2 Å². The maximum absolute atomic E-state index is 12.4. The molecule has 2 aliphatic rings. The minimum Gasteiger partial charge on any atom is -0.390 e. The van der Waals surface area contributed by atoms with E-state index >= 15 is 0 Å². The van der Waals surface area contributed by atoms with Crippen LogP contribution >= 0.6 is 11.6 Å². The third-order valence-electron chi connectivity index (χ3n) is 4.23. The van der Waals surface area contributed by atoms with Crippen molar-refractivity contribution in [3.05, 3.63) is 34.9 Å². The second kappa shape index (κ2) is 5.72. The lowest BCUT2D eigenvalue weighted by molar-refractivity contribution is 0.0763. The summed E-state index contributed by atoms with van der Waals surface area (Å²) in [4.78, 5) is 16.5. The smallest absolute Gasteiger partial charge is 0.254 e. The number of amides is 1. The van der Waals surface area contributed by atoms with Crippen molar-refractivity contribution in [3.8, 4) is 0 Å². The standard InChI is InChI=1S/C15H19ClN2O2/c16-12-5-3-4-11(8-12)15(20)18-9-13(14(19)10-18)17-6-1-2-7-17/h3-5,8,13-14,19H,1-2,6-7,9-10H2/t13-,14-/m1/s1. The van der Waals surface area contributed by atoms with E-state index in [4.69, 9.17) is 11.6 Å². The van der Waals surface area contributed by atoms with Crippen molar-refractivity contribution in [2.45, 2.75) is 25.0 Å². The number of hydrogen-bond donors (Lipinski definition) is 1. The van der Waals surface area contributed by atoms with Crippen LogP contribution in [0, 0.1) is 0 Å². The molecule has 0 aliphatic carbocycles. The quantitative estimate of drug-likeness (QED) is 0.901. The number of β-amino-alcohol motifs (C(OH)–C–C–N with tert-alkyl or cyclic N) is 1. The van der Waals surface area contributed by atoms with E-state index < -0.39 is 6.10 Å². The molecule has 1 aromatic carbocycles. The van der Waals surface area contributed by atoms with Crippen LogP contribution in [0.5, 0.6) is 0 Å². The summed E-state index contributed by atoms with van der Waals surface area (Å²) < 4.78 is 0. The van der Waals surface area contributed by atoms with Crippen molar-refractivity contribution in [2.24, 2.45) is 0 Å². The third-order valence-corrected chi connectivity index (χ3v) is 4.46. The Morgan fingerprint density at radius 2 is 2.00 bits per heavy atom. The first-order valence-electron chi connectivity index (χ1n) is 7.12. The zero-order valence-corrected chi connectivity index (χ0v) is 12.1. The highest BCUT2D eigenvalue weighted by molar-refractivity contribution is 6.30. The van der Waals surface area contributed by atoms with Crippen LogP contribution in [-0.2, 0) is 0 Å². The Kier molecular flexibility index (Phi) is 3.96. The van der Waals surface area contributed by atoms with Crippen molar-refractivity contribution in [1.82, 2.24) is 9.80 Å². The molecule has 0 unspecified atom stereocenters. The summed E-state index contributed by atoms with van der Waals surface area (Å²) in [5, 5.41) is 10.8. The van der Waals surface area contributed by atoms with E-state index in [0.29, 0.717) is 23.7 Å². The molecule has 2 heterocycles. The largest absolute Gasteiger partial charge is 0.390 e. The van der Waals surface area contributed by atoms with Crippen molar-refractivity contribution in [1.29, 1.82) is 0 Å². The number of rotatable bonds is 2. The fourth-order valence-electron chi connectivity index (χ4n) is 3.17. The van der Waals surface area contributed by atoms with Gasteiger partial charge in [-0.1, -0.05) is 17.7 Å². The van der Waals surface area contributed by atoms with Crippen molar-refractivity contribution < 1.29 is 9.90 Å². The summed E-state index contributed by atoms with van der Waals surface area (Å²) in [6, 6.07) is 7.06. The number of likely N-dealkylation sites (tertiary alicyclic amines) is 2. The Bertz CT molecular complexity index is 502. The topological polar surface area (TPSA) is 43.8 Å². The van der Waals surface area contributed by atoms with Crippen LogP contribution in [0.4, 0.5) is 0 Å². The van der Waals surface area contributed by atoms with Crippen molar-refractivity contribution >= 4 is 17.5 Å². The lowest BCUT2D eigenvalue weighted by atomic mass is 10.2. The predicted molar refractivity (Wildman–Crippen MR) is 78.0 cm³/mol. The van der Waals surface area contributed by atoms with E-state index in [1.165, 1.54) is 12.8 Å². The average Bonchev–Trinajstić information content (AvgIpc) is 3.06. The molecule has 0 spiro atoms. The summed E-state index contributed by atoms with van der Waals surface area (Å²) in [5.74, 6) is -0.0479. The van der Waals surface area contributed by atoms with Gasteiger partial charge in [-0.2, -0.15) is 0 Å². The van der Waals surface area contributed by atoms with Crippen LogP contribution in [0.15, 0.2) is 24.3 Å². The molecular formula is C15H19ClN2O2. The maximum Gasteiger partial charge on any atom is 0.254 e. The molecule has 0 bridgehead atoms. The number of benzene rings is 1. The van der Waals surface area contributed by atoms with Gasteiger partial charge in [-0.15, -0.1) is 0 Å². The van der Waals surface area contributed by atoms with Crippen LogP contribution in [0.25, 0.3) is 0 Å². The Labute approximate surface area is 123 Å². The Morgan fingerprint density at radius 3 is 2.70 bits per heavy atom. The summed E-state index contributed by atoms with van der Waals surface area (Å²) in [6.07, 6.45) is 1.92. The van der Waals surface area contributed by atoms with Crippen LogP contribution in [0.1, 0.15) is 23.2 Å². The van der Waals surface area contributed by atoms with Gasteiger partial charge >= 0.3 is 0 Å². The average molecular weight is 295 g/mol. The summed E-state index contributed by atoms with van der Waals surface area (Å²) in [7, 11) is 0. The van der Waals surface area contributed by atoms with Gasteiger partial charge in [0.05, 0.1) is 12.1 Å². The number of hydrogen-bond acceptors (Lipinski definition) is 3. The molecule has 1 amide bonds. The van der Waals surface area contributed by atoms with Gasteiger partial charge in [0.1, 0.15) is 0 Å². The van der Waals surface area contributed by atoms with Gasteiger partial charge in [-0.05, 0) is 44.1 Å². The van der Waals surface area contributed by atoms with Gasteiger partial charge in [0, 0.05) is 23.7 Å². The van der Waals surface area contributed by atoms with E-state index in [0.717, 1.165) is 13.1 Å². The van der Waals surface area contributed by atoms with Gasteiger partial charge in [0.15, 0.2) is 0 Å². The monoisotopic (exact) mass is 294 g/mol. The number of halogens is 1. The molecule has 0 saturated carbocycles. The van der Waals surface area contributed by atoms with Gasteiger partial charge < -0.3 is 10.0 Å². The summed E-state index contributed by atoms with van der Waals surface area (Å²) >= 11 is 5.93. The SMILES string of the molecule is O=C(c1cccc(Cl)c1)N1C[C@@H](O)[C@H](N2CCCC2)C1. The van der Waals surface area contributed by atoms with E-state index in [9.17, 15) is 9.90 Å². The molecule has 1 N–H and O–H groups in total. The molecule has 1 aromatic rings. The number of nitrogens with zero attached hydrogens (tertiary/aromatic N) is 2. The highest BCUT2D eigenvalue weighted by atomic mass is 35.5. The number of carbonyl (C=O) groups excluding carboxylic acids is 1. The lowest BCUT2D eigenvalue weighted by Crippen LogP contribution is -2.41. The summed E-state index contributed by atoms with van der Waals surface area (Å²) in [5.41, 5.74) is 0.590. The second-order valence-corrected chi connectivity index (χ2v) is 6.03. The lowest BCUT2D eigenvalue weighted by Gasteiger charge is -2.25. The predicted octanol–water partition coefficient (Wildman–Crippen LogP) is 1.62. The number of carbonyl (C=O) groups is 1. The third kappa shape index (κ3) is 2.68. The van der Waals surface area contributed by atoms with Crippen LogP contribution in [0.2, 0.25) is 5.02 Å². The molecule has 20 heavy (non-hydrogen) atoms. The van der Waals surface area contributed by atoms with E-state index in [1.807, 2.05) is 0 Å². The molecule has 108 valence electrons. The minimum atomic E-state index is -0.448. The highest BCUT2D eigenvalue weighted by Crippen LogP contribution is 2.23. The number of aliphatic hydroxyl groups is 1. The Balaban J connectivity index is 1.71. The van der Waals surface area contributed by atoms with Crippen LogP contribution in [-0.4, -0.2) is 59.1 Å². The summed E-state index contributed by atoms with van der Waals surface area (Å²) in [6.45, 7) is 3.07. The van der Waals surface area contributed by atoms with Gasteiger partial charge in [-0.3, -0.25) is 9.69 Å². The van der Waals surface area contributed by atoms with Crippen LogP contribution in [0.3, 0.4) is 0 Å². The molecule has 0 aromatic heterocycles. The maximum atomic E-state index is 12.4. The zero-order valence-electron chi connectivity index (χ0n) is 11.3. The fourth-order valence-corrected chi connectivity index (χ4v) is 3.36. The van der Waals surface area contributed by atoms with E-state index in [2.05, 4.69) is 4.90 Å². The second-order valence-electron chi connectivity index (χ2n) is 5.60. The van der Waals surface area contributed by atoms with Gasteiger partial charge in [0.2, 0.25) is 0 Å². The fraction of sp³-hybridized carbons (Fsp3) is 0.533. The molecule has 0 radical (unpaired) electrons. The molecule has 2 atom stereocenters. The molecule has 5 heteroatoms. The number of aliphatic hydroxyl groups excluding tert-OH is 1. The van der Waals surface area contributed by atoms with E-state index in [1.54, 1.807) is 29.2 Å². The normalized spacial score (nSPS) is 27.2. The molecule has 2 aliphatic heterocycles. The first-order chi connectivity index (χ1) is 9.65. The molecular weight excluding hydrogens is 276 g/mol. The highest BCUT2D eigenvalue weighted by Gasteiger charge is 2.38. The minimum absolute atomic E-state index is 0.0479. The zero-order chi connectivity index (χ0) is 14.1. The van der Waals surface area contributed by atoms with Crippen LogP contribution < -0.4 is 0 Å². The van der Waals surface area contributed by atoms with Gasteiger partial charge in [0.25, 0.3) is 5.91 Å². The molecule has 4 nitrogen and oxygen atoms in total. The molecule has 2 saturated heterocycles. The molecule has 3 rings (SSSR count). The Hall–Kier alpha value is -1.10. The van der Waals surface area contributed by atoms with Gasteiger partial charge in [-0.25, -0.2) is 0 Å². The first-order valence-corrected chi connectivity index (χ1v) is 7.50. The molecule has 2 fully saturated rings. The first kappa shape index (κ1) is 13.9. The van der Waals surface area contributed by atoms with Crippen molar-refractivity contribution in [3.63, 3.8) is 0 Å². The van der Waals surface area contributed by atoms with E-state index in [-0.39, 0.29) is 11.9 Å². The Morgan fingerprint density at radius 1 is 1.25 bits per heavy atom.